The van der Waals surface area contributed by atoms with Gasteiger partial charge in [-0.3, -0.25) is 4.98 Å². The molecular formula is C18H24F2N2O2. The Kier molecular flexibility index (Phi) is 5.26. The first-order chi connectivity index (χ1) is 11.1. The van der Waals surface area contributed by atoms with E-state index in [1.54, 1.807) is 26.8 Å². The lowest BCUT2D eigenvalue weighted by Gasteiger charge is -2.36. The van der Waals surface area contributed by atoms with Crippen LogP contribution in [0.15, 0.2) is 24.9 Å². The molecule has 1 aliphatic heterocycles. The molecule has 0 aromatic carbocycles. The number of alkyl halides is 1. The van der Waals surface area contributed by atoms with Gasteiger partial charge in [0.15, 0.2) is 5.67 Å². The average Bonchev–Trinajstić information content (AvgIpc) is 2.46. The summed E-state index contributed by atoms with van der Waals surface area (Å²) in [4.78, 5) is 17.5. The molecule has 1 aromatic heterocycles. The highest BCUT2D eigenvalue weighted by Crippen LogP contribution is 2.37. The van der Waals surface area contributed by atoms with E-state index in [4.69, 9.17) is 4.74 Å². The first kappa shape index (κ1) is 18.4. The Bertz CT molecular complexity index is 618. The third kappa shape index (κ3) is 4.30. The summed E-state index contributed by atoms with van der Waals surface area (Å²) < 4.78 is 34.7. The van der Waals surface area contributed by atoms with Crippen LogP contribution in [0, 0.1) is 5.82 Å². The van der Waals surface area contributed by atoms with E-state index in [9.17, 15) is 9.18 Å². The average molecular weight is 338 g/mol. The SMILES string of the molecule is C=CCc1cnc(C2(F)CCN(C(=O)OC(C)(C)C)CC2)c(F)c1. The van der Waals surface area contributed by atoms with E-state index in [0.717, 1.165) is 0 Å². The second-order valence-corrected chi connectivity index (χ2v) is 7.10. The largest absolute Gasteiger partial charge is 0.444 e. The second-order valence-electron chi connectivity index (χ2n) is 7.10. The van der Waals surface area contributed by atoms with Gasteiger partial charge in [0.1, 0.15) is 17.1 Å². The minimum Gasteiger partial charge on any atom is -0.444 e. The van der Waals surface area contributed by atoms with Gasteiger partial charge in [-0.25, -0.2) is 13.6 Å². The summed E-state index contributed by atoms with van der Waals surface area (Å²) in [5.41, 5.74) is -1.99. The molecule has 0 spiro atoms. The van der Waals surface area contributed by atoms with Gasteiger partial charge in [-0.05, 0) is 38.8 Å². The molecule has 1 amide bonds. The molecule has 2 heterocycles. The van der Waals surface area contributed by atoms with Crippen LogP contribution < -0.4 is 0 Å². The first-order valence-corrected chi connectivity index (χ1v) is 8.07. The van der Waals surface area contributed by atoms with Crippen LogP contribution in [-0.2, 0) is 16.8 Å². The van der Waals surface area contributed by atoms with Gasteiger partial charge in [0.05, 0.1) is 0 Å². The van der Waals surface area contributed by atoms with Gasteiger partial charge >= 0.3 is 6.09 Å². The lowest BCUT2D eigenvalue weighted by Crippen LogP contribution is -2.45. The molecule has 4 nitrogen and oxygen atoms in total. The predicted octanol–water partition coefficient (Wildman–Crippen LogP) is 4.14. The molecule has 0 unspecified atom stereocenters. The van der Waals surface area contributed by atoms with E-state index in [2.05, 4.69) is 11.6 Å². The Labute approximate surface area is 141 Å². The number of nitrogens with zero attached hydrogens (tertiary/aromatic N) is 2. The molecule has 1 aromatic rings. The fourth-order valence-electron chi connectivity index (χ4n) is 2.69. The van der Waals surface area contributed by atoms with Crippen molar-refractivity contribution in [1.82, 2.24) is 9.88 Å². The van der Waals surface area contributed by atoms with Gasteiger partial charge in [-0.2, -0.15) is 0 Å². The van der Waals surface area contributed by atoms with Gasteiger partial charge < -0.3 is 9.64 Å². The molecule has 2 rings (SSSR count). The zero-order valence-electron chi connectivity index (χ0n) is 14.4. The van der Waals surface area contributed by atoms with Crippen molar-refractivity contribution in [2.75, 3.05) is 13.1 Å². The van der Waals surface area contributed by atoms with Gasteiger partial charge in [-0.1, -0.05) is 6.08 Å². The Morgan fingerprint density at radius 3 is 2.58 bits per heavy atom. The molecule has 0 saturated carbocycles. The number of aromatic nitrogens is 1. The molecule has 0 atom stereocenters. The molecule has 1 aliphatic rings. The molecule has 6 heteroatoms. The van der Waals surface area contributed by atoms with Crippen molar-refractivity contribution in [3.05, 3.63) is 42.0 Å². The topological polar surface area (TPSA) is 42.4 Å². The molecular weight excluding hydrogens is 314 g/mol. The van der Waals surface area contributed by atoms with Crippen molar-refractivity contribution >= 4 is 6.09 Å². The Morgan fingerprint density at radius 1 is 1.46 bits per heavy atom. The van der Waals surface area contributed by atoms with E-state index < -0.39 is 23.2 Å². The molecule has 0 aliphatic carbocycles. The van der Waals surface area contributed by atoms with Crippen molar-refractivity contribution in [2.24, 2.45) is 0 Å². The molecule has 0 N–H and O–H groups in total. The van der Waals surface area contributed by atoms with Crippen molar-refractivity contribution < 1.29 is 18.3 Å². The van der Waals surface area contributed by atoms with Crippen LogP contribution in [0.3, 0.4) is 0 Å². The standard InChI is InChI=1S/C18H24F2N2O2/c1-5-6-13-11-14(19)15(21-12-13)18(20)7-9-22(10-8-18)16(23)24-17(2,3)4/h5,11-12H,1,6-10H2,2-4H3. The number of carbonyl (C=O) groups is 1. The highest BCUT2D eigenvalue weighted by molar-refractivity contribution is 5.68. The number of carbonyl (C=O) groups excluding carboxylic acids is 1. The first-order valence-electron chi connectivity index (χ1n) is 8.07. The number of hydrogen-bond acceptors (Lipinski definition) is 3. The van der Waals surface area contributed by atoms with E-state index in [-0.39, 0.29) is 31.6 Å². The normalized spacial score (nSPS) is 17.5. The monoisotopic (exact) mass is 338 g/mol. The quantitative estimate of drug-likeness (QED) is 0.778. The Balaban J connectivity index is 2.07. The molecule has 1 saturated heterocycles. The molecule has 0 bridgehead atoms. The van der Waals surface area contributed by atoms with Gasteiger partial charge in [-0.15, -0.1) is 6.58 Å². The van der Waals surface area contributed by atoms with Crippen LogP contribution in [0.25, 0.3) is 0 Å². The third-order valence-electron chi connectivity index (χ3n) is 3.91. The fraction of sp³-hybridized carbons (Fsp3) is 0.556. The number of amides is 1. The lowest BCUT2D eigenvalue weighted by molar-refractivity contribution is 0.000461. The van der Waals surface area contributed by atoms with E-state index in [1.165, 1.54) is 17.2 Å². The summed E-state index contributed by atoms with van der Waals surface area (Å²) >= 11 is 0. The number of halogens is 2. The van der Waals surface area contributed by atoms with Crippen LogP contribution in [0.4, 0.5) is 13.6 Å². The number of rotatable bonds is 3. The summed E-state index contributed by atoms with van der Waals surface area (Å²) in [6.07, 6.45) is 3.12. The van der Waals surface area contributed by atoms with Crippen LogP contribution in [0.1, 0.15) is 44.9 Å². The van der Waals surface area contributed by atoms with Gasteiger partial charge in [0, 0.05) is 32.1 Å². The number of piperidine rings is 1. The zero-order valence-corrected chi connectivity index (χ0v) is 14.4. The van der Waals surface area contributed by atoms with E-state index >= 15 is 4.39 Å². The van der Waals surface area contributed by atoms with E-state index in [0.29, 0.717) is 12.0 Å². The molecule has 132 valence electrons. The van der Waals surface area contributed by atoms with Crippen molar-refractivity contribution in [3.63, 3.8) is 0 Å². The third-order valence-corrected chi connectivity index (χ3v) is 3.91. The van der Waals surface area contributed by atoms with Crippen molar-refractivity contribution in [1.29, 1.82) is 0 Å². The van der Waals surface area contributed by atoms with E-state index in [1.807, 2.05) is 0 Å². The minimum atomic E-state index is -1.87. The molecule has 24 heavy (non-hydrogen) atoms. The maximum Gasteiger partial charge on any atom is 0.410 e. The summed E-state index contributed by atoms with van der Waals surface area (Å²) in [6.45, 7) is 9.25. The van der Waals surface area contributed by atoms with Crippen LogP contribution in [0.5, 0.6) is 0 Å². The minimum absolute atomic E-state index is 0.00301. The van der Waals surface area contributed by atoms with Crippen molar-refractivity contribution in [2.45, 2.75) is 51.3 Å². The summed E-state index contributed by atoms with van der Waals surface area (Å²) in [6, 6.07) is 1.30. The van der Waals surface area contributed by atoms with Crippen LogP contribution in [0.2, 0.25) is 0 Å². The van der Waals surface area contributed by atoms with Crippen LogP contribution in [-0.4, -0.2) is 34.7 Å². The highest BCUT2D eigenvalue weighted by Gasteiger charge is 2.41. The molecule has 1 fully saturated rings. The summed E-state index contributed by atoms with van der Waals surface area (Å²) in [5, 5.41) is 0. The Morgan fingerprint density at radius 2 is 2.08 bits per heavy atom. The van der Waals surface area contributed by atoms with Gasteiger partial charge in [0.25, 0.3) is 0 Å². The van der Waals surface area contributed by atoms with Crippen LogP contribution >= 0.6 is 0 Å². The molecule has 0 radical (unpaired) electrons. The Hall–Kier alpha value is -1.98. The van der Waals surface area contributed by atoms with Crippen molar-refractivity contribution in [3.8, 4) is 0 Å². The highest BCUT2D eigenvalue weighted by atomic mass is 19.1. The fourth-order valence-corrected chi connectivity index (χ4v) is 2.69. The van der Waals surface area contributed by atoms with Gasteiger partial charge in [0.2, 0.25) is 0 Å². The smallest absolute Gasteiger partial charge is 0.410 e. The lowest BCUT2D eigenvalue weighted by atomic mass is 9.89. The zero-order chi connectivity index (χ0) is 18.0. The summed E-state index contributed by atoms with van der Waals surface area (Å²) in [7, 11) is 0. The number of hydrogen-bond donors (Lipinski definition) is 0. The second kappa shape index (κ2) is 6.87. The predicted molar refractivity (Wildman–Crippen MR) is 87.9 cm³/mol. The maximum absolute atomic E-state index is 15.2. The number of likely N-dealkylation sites (tertiary alicyclic amines) is 1. The maximum atomic E-state index is 15.2. The number of allylic oxidation sites excluding steroid dienone is 1. The number of pyridine rings is 1. The summed E-state index contributed by atoms with van der Waals surface area (Å²) in [5.74, 6) is -0.650. The number of ether oxygens (including phenoxy) is 1.